The minimum Gasteiger partial charge on any atom is -0.306 e. The summed E-state index contributed by atoms with van der Waals surface area (Å²) in [6.45, 7) is 3.88. The number of carbonyl (C=O) groups is 1. The number of aryl methyl sites for hydroxylation is 1. The van der Waals surface area contributed by atoms with Crippen LogP contribution in [0.25, 0.3) is 5.69 Å². The van der Waals surface area contributed by atoms with Crippen LogP contribution in [0, 0.1) is 25.5 Å². The average molecular weight is 401 g/mol. The van der Waals surface area contributed by atoms with Crippen LogP contribution in [0.15, 0.2) is 36.4 Å². The van der Waals surface area contributed by atoms with Crippen LogP contribution < -0.4 is 5.32 Å². The van der Waals surface area contributed by atoms with Gasteiger partial charge >= 0.3 is 0 Å². The van der Waals surface area contributed by atoms with Gasteiger partial charge in [-0.15, -0.1) is 0 Å². The number of nitrogens with one attached hydrogen (secondary N) is 1. The molecule has 8 heteroatoms. The van der Waals surface area contributed by atoms with E-state index in [2.05, 4.69) is 10.4 Å². The van der Waals surface area contributed by atoms with Gasteiger partial charge in [0.1, 0.15) is 23.0 Å². The molecule has 1 N–H and O–H groups in total. The topological polar surface area (TPSA) is 64.0 Å². The summed E-state index contributed by atoms with van der Waals surface area (Å²) in [6, 6.07) is 8.92. The van der Waals surface area contributed by atoms with Crippen LogP contribution in [-0.2, 0) is 22.3 Å². The average Bonchev–Trinajstić information content (AvgIpc) is 3.14. The second-order valence-corrected chi connectivity index (χ2v) is 8.14. The number of rotatable bonds is 3. The molecule has 144 valence electrons. The Bertz CT molecular complexity index is 1120. The number of fused-ring (bicyclic) bond motifs is 1. The Morgan fingerprint density at radius 1 is 1.11 bits per heavy atom. The van der Waals surface area contributed by atoms with E-state index in [0.717, 1.165) is 28.9 Å². The summed E-state index contributed by atoms with van der Waals surface area (Å²) in [7, 11) is -1.12. The third kappa shape index (κ3) is 3.03. The number of anilines is 1. The number of hydrogen-bond acceptors (Lipinski definition) is 3. The van der Waals surface area contributed by atoms with Crippen molar-refractivity contribution in [3.63, 3.8) is 0 Å². The van der Waals surface area contributed by atoms with Crippen molar-refractivity contribution >= 4 is 22.5 Å². The number of aromatic nitrogens is 2. The molecule has 1 aliphatic heterocycles. The number of halogens is 2. The van der Waals surface area contributed by atoms with Crippen LogP contribution in [0.4, 0.5) is 14.6 Å². The van der Waals surface area contributed by atoms with Gasteiger partial charge in [0.25, 0.3) is 5.91 Å². The molecule has 0 unspecified atom stereocenters. The summed E-state index contributed by atoms with van der Waals surface area (Å²) in [5.74, 6) is -2.00. The molecular weight excluding hydrogens is 384 g/mol. The zero-order valence-corrected chi connectivity index (χ0v) is 16.1. The van der Waals surface area contributed by atoms with Crippen molar-refractivity contribution in [2.75, 3.05) is 5.32 Å². The Morgan fingerprint density at radius 2 is 1.79 bits per heavy atom. The predicted molar refractivity (Wildman–Crippen MR) is 103 cm³/mol. The number of carbonyl (C=O) groups excluding carboxylic acids is 1. The Morgan fingerprint density at radius 3 is 2.50 bits per heavy atom. The van der Waals surface area contributed by atoms with Crippen LogP contribution in [-0.4, -0.2) is 19.9 Å². The maximum absolute atomic E-state index is 14.0. The molecule has 0 aliphatic carbocycles. The quantitative estimate of drug-likeness (QED) is 0.726. The van der Waals surface area contributed by atoms with Crippen molar-refractivity contribution in [1.82, 2.24) is 9.78 Å². The van der Waals surface area contributed by atoms with Crippen molar-refractivity contribution in [3.05, 3.63) is 76.0 Å². The summed E-state index contributed by atoms with van der Waals surface area (Å²) in [5.41, 5.74) is 3.31. The van der Waals surface area contributed by atoms with E-state index in [1.165, 1.54) is 6.07 Å². The minimum atomic E-state index is -1.12. The van der Waals surface area contributed by atoms with Crippen LogP contribution in [0.1, 0.15) is 32.7 Å². The Labute approximate surface area is 162 Å². The molecule has 2 heterocycles. The van der Waals surface area contributed by atoms with Gasteiger partial charge in [-0.1, -0.05) is 18.2 Å². The fourth-order valence-electron chi connectivity index (χ4n) is 3.28. The van der Waals surface area contributed by atoms with Gasteiger partial charge in [-0.3, -0.25) is 9.00 Å². The van der Waals surface area contributed by atoms with Crippen LogP contribution in [0.3, 0.4) is 0 Å². The van der Waals surface area contributed by atoms with Crippen molar-refractivity contribution in [2.24, 2.45) is 0 Å². The molecule has 0 saturated heterocycles. The van der Waals surface area contributed by atoms with Gasteiger partial charge in [-0.05, 0) is 43.2 Å². The first-order valence-corrected chi connectivity index (χ1v) is 10.1. The summed E-state index contributed by atoms with van der Waals surface area (Å²) in [5, 5.41) is 7.13. The number of benzene rings is 2. The van der Waals surface area contributed by atoms with Gasteiger partial charge in [-0.2, -0.15) is 5.10 Å². The molecule has 0 saturated carbocycles. The summed E-state index contributed by atoms with van der Waals surface area (Å²) >= 11 is 0. The lowest BCUT2D eigenvalue weighted by Crippen LogP contribution is -2.19. The lowest BCUT2D eigenvalue weighted by atomic mass is 10.1. The monoisotopic (exact) mass is 401 g/mol. The van der Waals surface area contributed by atoms with Crippen molar-refractivity contribution in [1.29, 1.82) is 0 Å². The van der Waals surface area contributed by atoms with E-state index >= 15 is 0 Å². The third-order valence-corrected chi connectivity index (χ3v) is 6.10. The Kier molecular flexibility index (Phi) is 4.58. The number of amides is 1. The minimum absolute atomic E-state index is 0.232. The van der Waals surface area contributed by atoms with Gasteiger partial charge in [0.05, 0.1) is 22.9 Å². The molecule has 1 atom stereocenters. The zero-order chi connectivity index (χ0) is 20.0. The Balaban J connectivity index is 1.83. The number of hydrogen-bond donors (Lipinski definition) is 1. The van der Waals surface area contributed by atoms with Gasteiger partial charge in [0.15, 0.2) is 0 Å². The van der Waals surface area contributed by atoms with E-state index in [9.17, 15) is 17.8 Å². The predicted octanol–water partition coefficient (Wildman–Crippen LogP) is 3.78. The van der Waals surface area contributed by atoms with Crippen molar-refractivity contribution in [3.8, 4) is 5.69 Å². The molecule has 0 radical (unpaired) electrons. The van der Waals surface area contributed by atoms with Gasteiger partial charge in [0.2, 0.25) is 0 Å². The molecule has 5 nitrogen and oxygen atoms in total. The van der Waals surface area contributed by atoms with Gasteiger partial charge < -0.3 is 5.32 Å². The molecule has 1 aliphatic rings. The Hall–Kier alpha value is -2.87. The standard InChI is InChI=1S/C20H17F2N3O2S/c1-11-5-3-8-17(12(11)2)25-19(13-9-28(27)10-16(13)24-25)23-20(26)18-14(21)6-4-7-15(18)22/h3-8H,9-10H2,1-2H3,(H,23,26)/t28-/m0/s1. The molecule has 1 amide bonds. The molecule has 0 bridgehead atoms. The SMILES string of the molecule is Cc1cccc(-n2nc3c(c2NC(=O)c2c(F)cccc2F)C[S@](=O)C3)c1C. The molecule has 1 aromatic heterocycles. The highest BCUT2D eigenvalue weighted by Crippen LogP contribution is 2.33. The van der Waals surface area contributed by atoms with Gasteiger partial charge in [0, 0.05) is 16.4 Å². The first kappa shape index (κ1) is 18.5. The smallest absolute Gasteiger partial charge is 0.262 e. The number of nitrogens with zero attached hydrogens (tertiary/aromatic N) is 2. The second kappa shape index (κ2) is 6.94. The molecule has 0 spiro atoms. The molecule has 0 fully saturated rings. The van der Waals surface area contributed by atoms with E-state index in [0.29, 0.717) is 17.1 Å². The normalized spacial score (nSPS) is 15.5. The van der Waals surface area contributed by atoms with Crippen molar-refractivity contribution < 1.29 is 17.8 Å². The maximum atomic E-state index is 14.0. The van der Waals surface area contributed by atoms with E-state index in [-0.39, 0.29) is 11.5 Å². The highest BCUT2D eigenvalue weighted by atomic mass is 32.2. The summed E-state index contributed by atoms with van der Waals surface area (Å²) in [6.07, 6.45) is 0. The van der Waals surface area contributed by atoms with E-state index in [1.807, 2.05) is 32.0 Å². The van der Waals surface area contributed by atoms with Gasteiger partial charge in [-0.25, -0.2) is 13.5 Å². The molecule has 2 aromatic carbocycles. The van der Waals surface area contributed by atoms with Crippen molar-refractivity contribution in [2.45, 2.75) is 25.4 Å². The largest absolute Gasteiger partial charge is 0.306 e. The lowest BCUT2D eigenvalue weighted by molar-refractivity contribution is 0.101. The lowest BCUT2D eigenvalue weighted by Gasteiger charge is -2.14. The summed E-state index contributed by atoms with van der Waals surface area (Å²) < 4.78 is 41.6. The molecule has 28 heavy (non-hydrogen) atoms. The first-order chi connectivity index (χ1) is 13.4. The highest BCUT2D eigenvalue weighted by molar-refractivity contribution is 7.83. The zero-order valence-electron chi connectivity index (χ0n) is 15.3. The highest BCUT2D eigenvalue weighted by Gasteiger charge is 2.30. The molecule has 3 aromatic rings. The van der Waals surface area contributed by atoms with Crippen LogP contribution in [0.5, 0.6) is 0 Å². The molecular formula is C20H17F2N3O2S. The third-order valence-electron chi connectivity index (χ3n) is 4.90. The van der Waals surface area contributed by atoms with Crippen LogP contribution in [0.2, 0.25) is 0 Å². The van der Waals surface area contributed by atoms with E-state index in [1.54, 1.807) is 4.68 Å². The maximum Gasteiger partial charge on any atom is 0.262 e. The molecule has 4 rings (SSSR count). The first-order valence-electron chi connectivity index (χ1n) is 8.64. The summed E-state index contributed by atoms with van der Waals surface area (Å²) in [4.78, 5) is 12.7. The fourth-order valence-corrected chi connectivity index (χ4v) is 4.54. The van der Waals surface area contributed by atoms with E-state index in [4.69, 9.17) is 0 Å². The van der Waals surface area contributed by atoms with Crippen LogP contribution >= 0.6 is 0 Å². The fraction of sp³-hybridized carbons (Fsp3) is 0.200. The second-order valence-electron chi connectivity index (χ2n) is 6.68. The van der Waals surface area contributed by atoms with E-state index < -0.39 is 33.9 Å².